The van der Waals surface area contributed by atoms with Crippen molar-refractivity contribution in [2.75, 3.05) is 13.1 Å². The van der Waals surface area contributed by atoms with E-state index in [0.717, 1.165) is 31.0 Å². The number of aromatic carboxylic acids is 1. The highest BCUT2D eigenvalue weighted by atomic mass is 32.2. The topological polar surface area (TPSA) is 74.7 Å². The number of benzene rings is 1. The molecular formula is C14H18FNO4S. The number of rotatable bonds is 3. The number of nitrogens with zero attached hydrogens (tertiary/aromatic N) is 1. The monoisotopic (exact) mass is 315 g/mol. The smallest absolute Gasteiger partial charge is 0.338 e. The second kappa shape index (κ2) is 5.38. The van der Waals surface area contributed by atoms with Crippen molar-refractivity contribution in [3.05, 3.63) is 29.6 Å². The Morgan fingerprint density at radius 2 is 1.86 bits per heavy atom. The fourth-order valence-corrected chi connectivity index (χ4v) is 3.78. The molecule has 0 radical (unpaired) electrons. The van der Waals surface area contributed by atoms with Crippen LogP contribution in [0, 0.1) is 11.2 Å². The maximum atomic E-state index is 13.4. The first-order valence-electron chi connectivity index (χ1n) is 6.66. The van der Waals surface area contributed by atoms with Gasteiger partial charge in [0.25, 0.3) is 0 Å². The van der Waals surface area contributed by atoms with Crippen LogP contribution >= 0.6 is 0 Å². The molecule has 1 aliphatic heterocycles. The van der Waals surface area contributed by atoms with Crippen molar-refractivity contribution in [3.63, 3.8) is 0 Å². The predicted octanol–water partition coefficient (Wildman–Crippen LogP) is 2.33. The Hall–Kier alpha value is -1.47. The van der Waals surface area contributed by atoms with Gasteiger partial charge in [0, 0.05) is 13.1 Å². The average Bonchev–Trinajstić information content (AvgIpc) is 2.38. The molecule has 1 heterocycles. The van der Waals surface area contributed by atoms with Gasteiger partial charge in [-0.2, -0.15) is 4.31 Å². The van der Waals surface area contributed by atoms with E-state index in [1.165, 1.54) is 4.31 Å². The summed E-state index contributed by atoms with van der Waals surface area (Å²) >= 11 is 0. The fourth-order valence-electron chi connectivity index (χ4n) is 2.31. The van der Waals surface area contributed by atoms with Gasteiger partial charge in [0.1, 0.15) is 5.82 Å². The van der Waals surface area contributed by atoms with Gasteiger partial charge in [-0.25, -0.2) is 17.6 Å². The lowest BCUT2D eigenvalue weighted by Gasteiger charge is -2.36. The Kier molecular flexibility index (Phi) is 4.08. The molecule has 116 valence electrons. The number of carboxylic acids is 1. The van der Waals surface area contributed by atoms with Gasteiger partial charge >= 0.3 is 5.97 Å². The number of sulfonamides is 1. The SMILES string of the molecule is CC1(C)CCN(S(=O)(=O)c2ccc(F)c(C(=O)O)c2)CC1. The lowest BCUT2D eigenvalue weighted by molar-refractivity contribution is 0.0691. The van der Waals surface area contributed by atoms with Gasteiger partial charge < -0.3 is 5.11 Å². The normalized spacial score (nSPS) is 19.4. The first-order chi connectivity index (χ1) is 9.63. The minimum absolute atomic E-state index is 0.0983. The lowest BCUT2D eigenvalue weighted by Crippen LogP contribution is -2.41. The Morgan fingerprint density at radius 3 is 2.38 bits per heavy atom. The zero-order valence-corrected chi connectivity index (χ0v) is 12.8. The van der Waals surface area contributed by atoms with Crippen LogP contribution in [0.25, 0.3) is 0 Å². The quantitative estimate of drug-likeness (QED) is 0.929. The molecule has 21 heavy (non-hydrogen) atoms. The number of carbonyl (C=O) groups is 1. The van der Waals surface area contributed by atoms with Gasteiger partial charge in [-0.1, -0.05) is 13.8 Å². The highest BCUT2D eigenvalue weighted by molar-refractivity contribution is 7.89. The first-order valence-corrected chi connectivity index (χ1v) is 8.10. The number of hydrogen-bond acceptors (Lipinski definition) is 3. The van der Waals surface area contributed by atoms with Gasteiger partial charge in [-0.3, -0.25) is 0 Å². The van der Waals surface area contributed by atoms with Crippen LogP contribution in [0.4, 0.5) is 4.39 Å². The molecular weight excluding hydrogens is 297 g/mol. The number of halogens is 1. The van der Waals surface area contributed by atoms with E-state index in [1.54, 1.807) is 0 Å². The summed E-state index contributed by atoms with van der Waals surface area (Å²) < 4.78 is 39.7. The molecule has 0 atom stereocenters. The zero-order chi connectivity index (χ0) is 15.8. The van der Waals surface area contributed by atoms with Crippen molar-refractivity contribution in [1.82, 2.24) is 4.31 Å². The van der Waals surface area contributed by atoms with E-state index in [-0.39, 0.29) is 10.3 Å². The van der Waals surface area contributed by atoms with E-state index in [9.17, 15) is 17.6 Å². The van der Waals surface area contributed by atoms with E-state index in [2.05, 4.69) is 13.8 Å². The molecule has 1 N–H and O–H groups in total. The molecule has 1 aliphatic rings. The molecule has 0 amide bonds. The fraction of sp³-hybridized carbons (Fsp3) is 0.500. The van der Waals surface area contributed by atoms with Crippen LogP contribution in [0.2, 0.25) is 0 Å². The van der Waals surface area contributed by atoms with Crippen molar-refractivity contribution < 1.29 is 22.7 Å². The summed E-state index contributed by atoms with van der Waals surface area (Å²) in [5.74, 6) is -2.43. The highest BCUT2D eigenvalue weighted by Gasteiger charge is 2.33. The molecule has 1 aromatic carbocycles. The van der Waals surface area contributed by atoms with E-state index in [1.807, 2.05) is 0 Å². The number of carboxylic acid groups (broad SMARTS) is 1. The first kappa shape index (κ1) is 15.9. The van der Waals surface area contributed by atoms with Gasteiger partial charge in [0.05, 0.1) is 10.5 Å². The van der Waals surface area contributed by atoms with Crippen LogP contribution in [0.3, 0.4) is 0 Å². The van der Waals surface area contributed by atoms with E-state index >= 15 is 0 Å². The average molecular weight is 315 g/mol. The molecule has 0 bridgehead atoms. The Balaban J connectivity index is 2.33. The number of piperidine rings is 1. The van der Waals surface area contributed by atoms with Crippen molar-refractivity contribution >= 4 is 16.0 Å². The van der Waals surface area contributed by atoms with Crippen molar-refractivity contribution in [2.24, 2.45) is 5.41 Å². The maximum Gasteiger partial charge on any atom is 0.338 e. The zero-order valence-electron chi connectivity index (χ0n) is 12.0. The highest BCUT2D eigenvalue weighted by Crippen LogP contribution is 2.32. The van der Waals surface area contributed by atoms with E-state index < -0.39 is 27.4 Å². The third-order valence-electron chi connectivity index (χ3n) is 3.88. The number of hydrogen-bond donors (Lipinski definition) is 1. The second-order valence-corrected chi connectivity index (χ2v) is 7.95. The molecule has 0 aliphatic carbocycles. The summed E-state index contributed by atoms with van der Waals surface area (Å²) in [6.07, 6.45) is 1.47. The third kappa shape index (κ3) is 3.24. The molecule has 1 fully saturated rings. The lowest BCUT2D eigenvalue weighted by atomic mass is 9.83. The second-order valence-electron chi connectivity index (χ2n) is 6.02. The minimum Gasteiger partial charge on any atom is -0.478 e. The Bertz CT molecular complexity index is 660. The summed E-state index contributed by atoms with van der Waals surface area (Å²) in [5, 5.41) is 8.89. The van der Waals surface area contributed by atoms with Gasteiger partial charge in [-0.15, -0.1) is 0 Å². The Labute approximate surface area is 123 Å². The summed E-state index contributed by atoms with van der Waals surface area (Å²) in [6, 6.07) is 2.87. The van der Waals surface area contributed by atoms with Crippen LogP contribution in [0.1, 0.15) is 37.0 Å². The molecule has 1 saturated heterocycles. The maximum absolute atomic E-state index is 13.4. The summed E-state index contributed by atoms with van der Waals surface area (Å²) in [7, 11) is -3.78. The Morgan fingerprint density at radius 1 is 1.29 bits per heavy atom. The van der Waals surface area contributed by atoms with Gasteiger partial charge in [-0.05, 0) is 36.5 Å². The summed E-state index contributed by atoms with van der Waals surface area (Å²) in [5.41, 5.74) is -0.533. The van der Waals surface area contributed by atoms with Crippen LogP contribution in [-0.4, -0.2) is 36.9 Å². The van der Waals surface area contributed by atoms with Crippen LogP contribution < -0.4 is 0 Å². The van der Waals surface area contributed by atoms with Crippen molar-refractivity contribution in [3.8, 4) is 0 Å². The van der Waals surface area contributed by atoms with E-state index in [4.69, 9.17) is 5.11 Å². The third-order valence-corrected chi connectivity index (χ3v) is 5.78. The standard InChI is InChI=1S/C14H18FNO4S/c1-14(2)5-7-16(8-6-14)21(19,20)10-3-4-12(15)11(9-10)13(17)18/h3-4,9H,5-8H2,1-2H3,(H,17,18). The van der Waals surface area contributed by atoms with Crippen LogP contribution in [0.15, 0.2) is 23.1 Å². The molecule has 0 spiro atoms. The van der Waals surface area contributed by atoms with Gasteiger partial charge in [0.2, 0.25) is 10.0 Å². The molecule has 1 aromatic rings. The minimum atomic E-state index is -3.78. The van der Waals surface area contributed by atoms with Crippen LogP contribution in [0.5, 0.6) is 0 Å². The summed E-state index contributed by atoms with van der Waals surface area (Å²) in [6.45, 7) is 4.93. The summed E-state index contributed by atoms with van der Waals surface area (Å²) in [4.78, 5) is 10.7. The molecule has 5 nitrogen and oxygen atoms in total. The van der Waals surface area contributed by atoms with Crippen LogP contribution in [-0.2, 0) is 10.0 Å². The van der Waals surface area contributed by atoms with Gasteiger partial charge in [0.15, 0.2) is 0 Å². The molecule has 0 unspecified atom stereocenters. The van der Waals surface area contributed by atoms with Crippen molar-refractivity contribution in [2.45, 2.75) is 31.6 Å². The molecule has 0 saturated carbocycles. The largest absolute Gasteiger partial charge is 0.478 e. The molecule has 0 aromatic heterocycles. The molecule has 2 rings (SSSR count). The predicted molar refractivity (Wildman–Crippen MR) is 75.1 cm³/mol. The molecule has 7 heteroatoms. The van der Waals surface area contributed by atoms with Crippen molar-refractivity contribution in [1.29, 1.82) is 0 Å². The van der Waals surface area contributed by atoms with E-state index in [0.29, 0.717) is 13.1 Å².